The molecule has 1 saturated heterocycles. The molecule has 1 fully saturated rings. The second-order valence-corrected chi connectivity index (χ2v) is 6.45. The molecule has 1 aromatic heterocycles. The van der Waals surface area contributed by atoms with Crippen LogP contribution in [-0.2, 0) is 0 Å². The van der Waals surface area contributed by atoms with E-state index in [1.165, 1.54) is 0 Å². The first-order chi connectivity index (χ1) is 10.7. The van der Waals surface area contributed by atoms with Crippen LogP contribution in [0.1, 0.15) is 29.6 Å². The van der Waals surface area contributed by atoms with Gasteiger partial charge < -0.3 is 10.6 Å². The Kier molecular flexibility index (Phi) is 4.59. The zero-order chi connectivity index (χ0) is 15.5. The number of piperidine rings is 1. The lowest BCUT2D eigenvalue weighted by molar-refractivity contribution is 0.0623. The highest BCUT2D eigenvalue weighted by Gasteiger charge is 2.27. The van der Waals surface area contributed by atoms with Gasteiger partial charge in [-0.1, -0.05) is 22.0 Å². The van der Waals surface area contributed by atoms with E-state index in [0.717, 1.165) is 36.0 Å². The van der Waals surface area contributed by atoms with Gasteiger partial charge in [0, 0.05) is 29.8 Å². The van der Waals surface area contributed by atoms with Gasteiger partial charge in [-0.15, -0.1) is 0 Å². The van der Waals surface area contributed by atoms with Crippen LogP contribution >= 0.6 is 15.9 Å². The van der Waals surface area contributed by atoms with Gasteiger partial charge in [0.1, 0.15) is 0 Å². The molecule has 0 bridgehead atoms. The summed E-state index contributed by atoms with van der Waals surface area (Å²) in [4.78, 5) is 14.6. The summed E-state index contributed by atoms with van der Waals surface area (Å²) < 4.78 is 2.70. The average molecular weight is 363 g/mol. The highest BCUT2D eigenvalue weighted by Crippen LogP contribution is 2.20. The molecular formula is C16H19BrN4O. The maximum absolute atomic E-state index is 12.7. The Balaban J connectivity index is 1.82. The van der Waals surface area contributed by atoms with Gasteiger partial charge in [0.25, 0.3) is 5.91 Å². The monoisotopic (exact) mass is 362 g/mol. The molecule has 6 heteroatoms. The Labute approximate surface area is 138 Å². The van der Waals surface area contributed by atoms with Gasteiger partial charge in [-0.05, 0) is 37.5 Å². The Morgan fingerprint density at radius 3 is 3.05 bits per heavy atom. The van der Waals surface area contributed by atoms with Crippen LogP contribution in [0.3, 0.4) is 0 Å². The number of aromatic nitrogens is 2. The van der Waals surface area contributed by atoms with E-state index in [9.17, 15) is 4.79 Å². The zero-order valence-corrected chi connectivity index (χ0v) is 13.9. The van der Waals surface area contributed by atoms with Crippen molar-refractivity contribution in [1.29, 1.82) is 0 Å². The van der Waals surface area contributed by atoms with E-state index < -0.39 is 0 Å². The van der Waals surface area contributed by atoms with Gasteiger partial charge in [-0.2, -0.15) is 5.10 Å². The molecule has 1 atom stereocenters. The summed E-state index contributed by atoms with van der Waals surface area (Å²) in [5.74, 6) is 0.0244. The largest absolute Gasteiger partial charge is 0.334 e. The molecule has 2 heterocycles. The topological polar surface area (TPSA) is 64.2 Å². The third-order valence-corrected chi connectivity index (χ3v) is 4.56. The second-order valence-electron chi connectivity index (χ2n) is 5.54. The summed E-state index contributed by atoms with van der Waals surface area (Å²) >= 11 is 3.44. The van der Waals surface area contributed by atoms with Crippen molar-refractivity contribution in [3.63, 3.8) is 0 Å². The van der Waals surface area contributed by atoms with Gasteiger partial charge in [0.15, 0.2) is 0 Å². The molecule has 5 nitrogen and oxygen atoms in total. The predicted molar refractivity (Wildman–Crippen MR) is 89.0 cm³/mol. The molecule has 1 aliphatic heterocycles. The molecule has 0 saturated carbocycles. The number of amides is 1. The minimum atomic E-state index is 0.0244. The first-order valence-corrected chi connectivity index (χ1v) is 8.30. The minimum Gasteiger partial charge on any atom is -0.334 e. The molecule has 0 aliphatic carbocycles. The Hall–Kier alpha value is -1.66. The molecule has 1 aromatic carbocycles. The highest BCUT2D eigenvalue weighted by atomic mass is 79.9. The number of nitrogens with zero attached hydrogens (tertiary/aromatic N) is 3. The SMILES string of the molecule is NCC1CCCCN1C(=O)c1cnn(-c2cccc(Br)c2)c1. The van der Waals surface area contributed by atoms with E-state index in [0.29, 0.717) is 12.1 Å². The normalized spacial score (nSPS) is 18.5. The fraction of sp³-hybridized carbons (Fsp3) is 0.375. The van der Waals surface area contributed by atoms with Gasteiger partial charge in [0.05, 0.1) is 17.4 Å². The fourth-order valence-electron chi connectivity index (χ4n) is 2.87. The fourth-order valence-corrected chi connectivity index (χ4v) is 3.26. The third-order valence-electron chi connectivity index (χ3n) is 4.06. The van der Waals surface area contributed by atoms with Crippen LogP contribution in [0, 0.1) is 0 Å². The quantitative estimate of drug-likeness (QED) is 0.912. The average Bonchev–Trinajstić information content (AvgIpc) is 3.04. The number of carbonyl (C=O) groups excluding carboxylic acids is 1. The maximum Gasteiger partial charge on any atom is 0.257 e. The lowest BCUT2D eigenvalue weighted by Gasteiger charge is -2.34. The lowest BCUT2D eigenvalue weighted by Crippen LogP contribution is -2.47. The van der Waals surface area contributed by atoms with Crippen molar-refractivity contribution in [2.45, 2.75) is 25.3 Å². The molecule has 1 unspecified atom stereocenters. The Bertz CT molecular complexity index is 670. The van der Waals surface area contributed by atoms with Crippen LogP contribution in [0.4, 0.5) is 0 Å². The van der Waals surface area contributed by atoms with Gasteiger partial charge in [-0.3, -0.25) is 4.79 Å². The van der Waals surface area contributed by atoms with Crippen molar-refractivity contribution in [3.8, 4) is 5.69 Å². The van der Waals surface area contributed by atoms with E-state index in [2.05, 4.69) is 21.0 Å². The van der Waals surface area contributed by atoms with E-state index >= 15 is 0 Å². The molecule has 2 N–H and O–H groups in total. The number of hydrogen-bond donors (Lipinski definition) is 1. The molecule has 22 heavy (non-hydrogen) atoms. The van der Waals surface area contributed by atoms with Crippen molar-refractivity contribution in [2.24, 2.45) is 5.73 Å². The Morgan fingerprint density at radius 2 is 2.27 bits per heavy atom. The molecule has 116 valence electrons. The summed E-state index contributed by atoms with van der Waals surface area (Å²) in [6.45, 7) is 1.30. The Morgan fingerprint density at radius 1 is 1.41 bits per heavy atom. The summed E-state index contributed by atoms with van der Waals surface area (Å²) in [7, 11) is 0. The van der Waals surface area contributed by atoms with Gasteiger partial charge >= 0.3 is 0 Å². The second kappa shape index (κ2) is 6.62. The zero-order valence-electron chi connectivity index (χ0n) is 12.3. The van der Waals surface area contributed by atoms with E-state index in [4.69, 9.17) is 5.73 Å². The number of rotatable bonds is 3. The minimum absolute atomic E-state index is 0.0244. The number of carbonyl (C=O) groups is 1. The van der Waals surface area contributed by atoms with Crippen LogP contribution in [0.25, 0.3) is 5.69 Å². The van der Waals surface area contributed by atoms with Crippen LogP contribution in [-0.4, -0.2) is 39.7 Å². The van der Waals surface area contributed by atoms with Crippen molar-refractivity contribution in [3.05, 3.63) is 46.7 Å². The standard InChI is InChI=1S/C16H19BrN4O/c17-13-4-3-6-14(8-13)21-11-12(10-19-21)16(22)20-7-2-1-5-15(20)9-18/h3-4,6,8,10-11,15H,1-2,5,7,9,18H2. The highest BCUT2D eigenvalue weighted by molar-refractivity contribution is 9.10. The van der Waals surface area contributed by atoms with Crippen LogP contribution in [0.2, 0.25) is 0 Å². The predicted octanol–water partition coefficient (Wildman–Crippen LogP) is 2.59. The number of halogens is 1. The summed E-state index contributed by atoms with van der Waals surface area (Å²) in [5.41, 5.74) is 7.33. The smallest absolute Gasteiger partial charge is 0.257 e. The molecule has 1 aliphatic rings. The number of hydrogen-bond acceptors (Lipinski definition) is 3. The summed E-state index contributed by atoms with van der Waals surface area (Å²) in [5, 5.41) is 4.31. The lowest BCUT2D eigenvalue weighted by atomic mass is 10.0. The van der Waals surface area contributed by atoms with E-state index in [-0.39, 0.29) is 11.9 Å². The van der Waals surface area contributed by atoms with Crippen molar-refractivity contribution < 1.29 is 4.79 Å². The number of benzene rings is 1. The van der Waals surface area contributed by atoms with E-state index in [1.807, 2.05) is 29.2 Å². The van der Waals surface area contributed by atoms with E-state index in [1.54, 1.807) is 17.1 Å². The van der Waals surface area contributed by atoms with Crippen LogP contribution in [0.15, 0.2) is 41.1 Å². The molecule has 1 amide bonds. The van der Waals surface area contributed by atoms with Crippen molar-refractivity contribution in [1.82, 2.24) is 14.7 Å². The van der Waals surface area contributed by atoms with Crippen LogP contribution < -0.4 is 5.73 Å². The first-order valence-electron chi connectivity index (χ1n) is 7.50. The summed E-state index contributed by atoms with van der Waals surface area (Å²) in [6, 6.07) is 7.96. The van der Waals surface area contributed by atoms with Gasteiger partial charge in [-0.25, -0.2) is 4.68 Å². The number of likely N-dealkylation sites (tertiary alicyclic amines) is 1. The molecule has 0 radical (unpaired) electrons. The molecule has 0 spiro atoms. The van der Waals surface area contributed by atoms with Gasteiger partial charge in [0.2, 0.25) is 0 Å². The number of nitrogens with two attached hydrogens (primary N) is 1. The first kappa shape index (κ1) is 15.2. The van der Waals surface area contributed by atoms with Crippen molar-refractivity contribution >= 4 is 21.8 Å². The third kappa shape index (κ3) is 3.08. The van der Waals surface area contributed by atoms with Crippen molar-refractivity contribution in [2.75, 3.05) is 13.1 Å². The maximum atomic E-state index is 12.7. The van der Waals surface area contributed by atoms with Crippen LogP contribution in [0.5, 0.6) is 0 Å². The molecule has 2 aromatic rings. The molecular weight excluding hydrogens is 344 g/mol. The summed E-state index contributed by atoms with van der Waals surface area (Å²) in [6.07, 6.45) is 6.59. The molecule has 3 rings (SSSR count).